The summed E-state index contributed by atoms with van der Waals surface area (Å²) >= 11 is 1.64. The third kappa shape index (κ3) is 4.40. The Balaban J connectivity index is 1.77. The number of non-ortho nitro benzene ring substituents is 1. The van der Waals surface area contributed by atoms with Crippen molar-refractivity contribution in [2.24, 2.45) is 0 Å². The van der Waals surface area contributed by atoms with Crippen molar-refractivity contribution in [3.63, 3.8) is 0 Å². The van der Waals surface area contributed by atoms with Crippen molar-refractivity contribution in [1.29, 1.82) is 0 Å². The molecular formula is C25H20N2O2S. The Morgan fingerprint density at radius 1 is 1.07 bits per heavy atom. The summed E-state index contributed by atoms with van der Waals surface area (Å²) in [7, 11) is 0. The van der Waals surface area contributed by atoms with E-state index < -0.39 is 0 Å². The molecule has 30 heavy (non-hydrogen) atoms. The maximum atomic E-state index is 11.3. The monoisotopic (exact) mass is 412 g/mol. The predicted octanol–water partition coefficient (Wildman–Crippen LogP) is 6.34. The lowest BCUT2D eigenvalue weighted by Gasteiger charge is -2.15. The first-order valence-electron chi connectivity index (χ1n) is 9.81. The molecule has 0 fully saturated rings. The fraction of sp³-hybridized carbons (Fsp3) is 0.160. The molecule has 0 amide bonds. The van der Waals surface area contributed by atoms with Gasteiger partial charge in [0.2, 0.25) is 0 Å². The van der Waals surface area contributed by atoms with Gasteiger partial charge in [0.15, 0.2) is 0 Å². The molecular weight excluding hydrogens is 392 g/mol. The molecule has 3 aromatic carbocycles. The van der Waals surface area contributed by atoms with E-state index in [0.29, 0.717) is 6.42 Å². The standard InChI is InChI=1S/C25H20N2O2S/c1-2-3-8-18-9-6-10-19(15-18)16-22(20-11-7-12-21(17-20)27(28)29)25-26-23-13-4-5-14-24(23)30-25/h4-7,9-15,17,22H,2,16H2,1H3. The minimum absolute atomic E-state index is 0.0725. The average Bonchev–Trinajstić information content (AvgIpc) is 3.20. The van der Waals surface area contributed by atoms with Crippen LogP contribution < -0.4 is 0 Å². The normalized spacial score (nSPS) is 11.6. The molecule has 1 atom stereocenters. The van der Waals surface area contributed by atoms with Gasteiger partial charge in [-0.2, -0.15) is 0 Å². The topological polar surface area (TPSA) is 56.0 Å². The first-order valence-corrected chi connectivity index (χ1v) is 10.6. The Hall–Kier alpha value is -3.49. The fourth-order valence-electron chi connectivity index (χ4n) is 3.44. The molecule has 5 heteroatoms. The molecule has 0 aliphatic rings. The van der Waals surface area contributed by atoms with Gasteiger partial charge in [-0.25, -0.2) is 4.98 Å². The number of aromatic nitrogens is 1. The molecule has 4 rings (SSSR count). The highest BCUT2D eigenvalue weighted by molar-refractivity contribution is 7.18. The van der Waals surface area contributed by atoms with Gasteiger partial charge >= 0.3 is 0 Å². The van der Waals surface area contributed by atoms with E-state index in [1.807, 2.05) is 43.3 Å². The summed E-state index contributed by atoms with van der Waals surface area (Å²) in [6.45, 7) is 2.03. The maximum Gasteiger partial charge on any atom is 0.269 e. The zero-order valence-corrected chi connectivity index (χ0v) is 17.4. The van der Waals surface area contributed by atoms with E-state index >= 15 is 0 Å². The number of hydrogen-bond acceptors (Lipinski definition) is 4. The predicted molar refractivity (Wildman–Crippen MR) is 122 cm³/mol. The molecule has 1 unspecified atom stereocenters. The van der Waals surface area contributed by atoms with Crippen molar-refractivity contribution in [2.45, 2.75) is 25.7 Å². The minimum Gasteiger partial charge on any atom is -0.258 e. The number of nitrogens with zero attached hydrogens (tertiary/aromatic N) is 2. The van der Waals surface area contributed by atoms with Crippen LogP contribution in [0.1, 0.15) is 41.0 Å². The van der Waals surface area contributed by atoms with Crippen LogP contribution >= 0.6 is 11.3 Å². The summed E-state index contributed by atoms with van der Waals surface area (Å²) in [4.78, 5) is 15.8. The Labute approximate surface area is 179 Å². The van der Waals surface area contributed by atoms with Crippen LogP contribution in [0.2, 0.25) is 0 Å². The number of benzene rings is 3. The van der Waals surface area contributed by atoms with Crippen LogP contribution in [0.3, 0.4) is 0 Å². The van der Waals surface area contributed by atoms with Crippen LogP contribution in [0, 0.1) is 22.0 Å². The lowest BCUT2D eigenvalue weighted by Crippen LogP contribution is -2.06. The van der Waals surface area contributed by atoms with Crippen molar-refractivity contribution in [2.75, 3.05) is 0 Å². The van der Waals surface area contributed by atoms with Gasteiger partial charge in [-0.3, -0.25) is 10.1 Å². The van der Waals surface area contributed by atoms with Crippen molar-refractivity contribution in [1.82, 2.24) is 4.98 Å². The highest BCUT2D eigenvalue weighted by Gasteiger charge is 2.21. The molecule has 148 valence electrons. The Kier molecular flexibility index (Phi) is 5.87. The molecule has 0 saturated carbocycles. The summed E-state index contributed by atoms with van der Waals surface area (Å²) in [5, 5.41) is 12.3. The first-order chi connectivity index (χ1) is 14.6. The van der Waals surface area contributed by atoms with Crippen LogP contribution in [0.15, 0.2) is 72.8 Å². The Morgan fingerprint density at radius 3 is 2.70 bits per heavy atom. The van der Waals surface area contributed by atoms with E-state index in [2.05, 4.69) is 30.0 Å². The quantitative estimate of drug-likeness (QED) is 0.218. The van der Waals surface area contributed by atoms with E-state index in [1.165, 1.54) is 6.07 Å². The molecule has 0 N–H and O–H groups in total. The molecule has 4 nitrogen and oxygen atoms in total. The molecule has 0 aliphatic heterocycles. The van der Waals surface area contributed by atoms with E-state index in [4.69, 9.17) is 4.98 Å². The second-order valence-corrected chi connectivity index (χ2v) is 8.05. The molecule has 1 heterocycles. The second kappa shape index (κ2) is 8.89. The number of hydrogen-bond donors (Lipinski definition) is 0. The average molecular weight is 413 g/mol. The van der Waals surface area contributed by atoms with Crippen LogP contribution in [0.25, 0.3) is 10.2 Å². The van der Waals surface area contributed by atoms with Crippen molar-refractivity contribution in [3.05, 3.63) is 105 Å². The van der Waals surface area contributed by atoms with Crippen LogP contribution in [-0.2, 0) is 6.42 Å². The highest BCUT2D eigenvalue weighted by atomic mass is 32.1. The number of para-hydroxylation sites is 1. The van der Waals surface area contributed by atoms with Gasteiger partial charge in [0.05, 0.1) is 15.1 Å². The van der Waals surface area contributed by atoms with Crippen LogP contribution in [-0.4, -0.2) is 9.91 Å². The summed E-state index contributed by atoms with van der Waals surface area (Å²) in [5.41, 5.74) is 4.06. The van der Waals surface area contributed by atoms with Gasteiger partial charge in [0.1, 0.15) is 5.01 Å². The van der Waals surface area contributed by atoms with E-state index in [9.17, 15) is 10.1 Å². The first kappa shape index (κ1) is 19.8. The number of fused-ring (bicyclic) bond motifs is 1. The zero-order valence-electron chi connectivity index (χ0n) is 16.5. The van der Waals surface area contributed by atoms with Crippen molar-refractivity contribution >= 4 is 27.2 Å². The summed E-state index contributed by atoms with van der Waals surface area (Å²) < 4.78 is 1.12. The highest BCUT2D eigenvalue weighted by Crippen LogP contribution is 2.35. The molecule has 1 aromatic heterocycles. The summed E-state index contributed by atoms with van der Waals surface area (Å²) in [5.74, 6) is 6.22. The van der Waals surface area contributed by atoms with Crippen LogP contribution in [0.5, 0.6) is 0 Å². The number of nitro benzene ring substituents is 1. The molecule has 0 aliphatic carbocycles. The second-order valence-electron chi connectivity index (χ2n) is 6.98. The Bertz CT molecular complexity index is 1230. The van der Waals surface area contributed by atoms with E-state index in [1.54, 1.807) is 23.5 Å². The van der Waals surface area contributed by atoms with Gasteiger partial charge in [0, 0.05) is 30.0 Å². The number of nitro groups is 1. The summed E-state index contributed by atoms with van der Waals surface area (Å²) in [6.07, 6.45) is 1.51. The summed E-state index contributed by atoms with van der Waals surface area (Å²) in [6, 6.07) is 23.1. The third-order valence-electron chi connectivity index (χ3n) is 4.87. The number of rotatable bonds is 5. The molecule has 0 radical (unpaired) electrons. The lowest BCUT2D eigenvalue weighted by molar-refractivity contribution is -0.384. The van der Waals surface area contributed by atoms with Gasteiger partial charge in [0.25, 0.3) is 5.69 Å². The van der Waals surface area contributed by atoms with Crippen LogP contribution in [0.4, 0.5) is 5.69 Å². The van der Waals surface area contributed by atoms with E-state index in [0.717, 1.165) is 38.3 Å². The molecule has 4 aromatic rings. The van der Waals surface area contributed by atoms with E-state index in [-0.39, 0.29) is 16.5 Å². The molecule has 0 bridgehead atoms. The largest absolute Gasteiger partial charge is 0.269 e. The third-order valence-corrected chi connectivity index (χ3v) is 6.02. The minimum atomic E-state index is -0.347. The van der Waals surface area contributed by atoms with Crippen molar-refractivity contribution < 1.29 is 4.92 Å². The van der Waals surface area contributed by atoms with Crippen molar-refractivity contribution in [3.8, 4) is 11.8 Å². The smallest absolute Gasteiger partial charge is 0.258 e. The van der Waals surface area contributed by atoms with Gasteiger partial charge in [-0.1, -0.05) is 55.2 Å². The maximum absolute atomic E-state index is 11.3. The fourth-order valence-corrected chi connectivity index (χ4v) is 4.54. The Morgan fingerprint density at radius 2 is 1.90 bits per heavy atom. The van der Waals surface area contributed by atoms with Gasteiger partial charge < -0.3 is 0 Å². The molecule has 0 saturated heterocycles. The molecule has 0 spiro atoms. The van der Waals surface area contributed by atoms with Gasteiger partial charge in [-0.05, 0) is 41.8 Å². The number of thiazole rings is 1. The zero-order chi connectivity index (χ0) is 20.9. The lowest BCUT2D eigenvalue weighted by atomic mass is 9.91. The SMILES string of the molecule is CCC#Cc1cccc(CC(c2cccc([N+](=O)[O-])c2)c2nc3ccccc3s2)c1. The van der Waals surface area contributed by atoms with Gasteiger partial charge in [-0.15, -0.1) is 11.3 Å².